The molecule has 1 N–H and O–H groups in total. The van der Waals surface area contributed by atoms with Gasteiger partial charge in [0, 0.05) is 22.9 Å². The largest absolute Gasteiger partial charge is 0.457 e. The van der Waals surface area contributed by atoms with Gasteiger partial charge in [-0.05, 0) is 55.5 Å². The highest BCUT2D eigenvalue weighted by Gasteiger charge is 2.14. The number of aryl methyl sites for hydroxylation is 1. The predicted molar refractivity (Wildman–Crippen MR) is 98.7 cm³/mol. The number of hydrogen-bond acceptors (Lipinski definition) is 4. The van der Waals surface area contributed by atoms with Gasteiger partial charge in [-0.3, -0.25) is 14.9 Å². The Morgan fingerprint density at radius 2 is 1.62 bits per heavy atom. The van der Waals surface area contributed by atoms with Crippen LogP contribution in [0.25, 0.3) is 0 Å². The minimum atomic E-state index is -0.470. The number of anilines is 1. The molecule has 0 radical (unpaired) electrons. The van der Waals surface area contributed by atoms with Gasteiger partial charge in [0.15, 0.2) is 0 Å². The Hall–Kier alpha value is -3.67. The number of carbonyl (C=O) groups is 1. The standard InChI is InChI=1S/C20H16N2O4/c1-14-13-15(7-12-19(14)22(24)25)20(23)21-16-8-10-18(11-9-16)26-17-5-3-2-4-6-17/h2-13H,1H3,(H,21,23). The smallest absolute Gasteiger partial charge is 0.272 e. The minimum absolute atomic E-state index is 0.0102. The van der Waals surface area contributed by atoms with E-state index in [0.717, 1.165) is 5.75 Å². The number of rotatable bonds is 5. The first-order valence-corrected chi connectivity index (χ1v) is 7.92. The second-order valence-electron chi connectivity index (χ2n) is 5.65. The number of hydrogen-bond donors (Lipinski definition) is 1. The summed E-state index contributed by atoms with van der Waals surface area (Å²) in [5.41, 5.74) is 1.39. The average Bonchev–Trinajstić information content (AvgIpc) is 2.64. The quantitative estimate of drug-likeness (QED) is 0.522. The van der Waals surface area contributed by atoms with E-state index in [0.29, 0.717) is 22.6 Å². The van der Waals surface area contributed by atoms with Gasteiger partial charge in [-0.2, -0.15) is 0 Å². The van der Waals surface area contributed by atoms with Crippen LogP contribution in [0.1, 0.15) is 15.9 Å². The second-order valence-corrected chi connectivity index (χ2v) is 5.65. The first-order chi connectivity index (χ1) is 12.5. The fourth-order valence-electron chi connectivity index (χ4n) is 2.44. The maximum Gasteiger partial charge on any atom is 0.272 e. The van der Waals surface area contributed by atoms with Crippen LogP contribution in [0.15, 0.2) is 72.8 Å². The molecule has 0 unspecified atom stereocenters. The molecule has 0 atom stereocenters. The molecule has 130 valence electrons. The fourth-order valence-corrected chi connectivity index (χ4v) is 2.44. The number of benzene rings is 3. The number of nitro groups is 1. The van der Waals surface area contributed by atoms with Crippen molar-refractivity contribution in [1.29, 1.82) is 0 Å². The van der Waals surface area contributed by atoms with Gasteiger partial charge in [-0.15, -0.1) is 0 Å². The van der Waals surface area contributed by atoms with Crippen LogP contribution in [0.2, 0.25) is 0 Å². The van der Waals surface area contributed by atoms with E-state index in [2.05, 4.69) is 5.32 Å². The molecular formula is C20H16N2O4. The molecule has 0 aliphatic rings. The first-order valence-electron chi connectivity index (χ1n) is 7.92. The Morgan fingerprint density at radius 1 is 0.962 bits per heavy atom. The molecule has 0 aliphatic carbocycles. The van der Waals surface area contributed by atoms with E-state index in [9.17, 15) is 14.9 Å². The monoisotopic (exact) mass is 348 g/mol. The molecule has 0 saturated carbocycles. The Labute approximate surface area is 150 Å². The van der Waals surface area contributed by atoms with E-state index < -0.39 is 4.92 Å². The Morgan fingerprint density at radius 3 is 2.23 bits per heavy atom. The normalized spacial score (nSPS) is 10.2. The zero-order chi connectivity index (χ0) is 18.5. The third-order valence-corrected chi connectivity index (χ3v) is 3.75. The van der Waals surface area contributed by atoms with Crippen molar-refractivity contribution in [3.05, 3.63) is 94.0 Å². The first kappa shape index (κ1) is 17.2. The van der Waals surface area contributed by atoms with Crippen molar-refractivity contribution < 1.29 is 14.5 Å². The highest BCUT2D eigenvalue weighted by Crippen LogP contribution is 2.23. The van der Waals surface area contributed by atoms with Crippen LogP contribution in [0.5, 0.6) is 11.5 Å². The van der Waals surface area contributed by atoms with E-state index in [-0.39, 0.29) is 11.6 Å². The Kier molecular flexibility index (Phi) is 4.94. The summed E-state index contributed by atoms with van der Waals surface area (Å²) in [6.45, 7) is 1.60. The SMILES string of the molecule is Cc1cc(C(=O)Nc2ccc(Oc3ccccc3)cc2)ccc1[N+](=O)[O-]. The number of nitrogens with one attached hydrogen (secondary N) is 1. The summed E-state index contributed by atoms with van der Waals surface area (Å²) >= 11 is 0. The summed E-state index contributed by atoms with van der Waals surface area (Å²) in [5, 5.41) is 13.6. The molecule has 1 amide bonds. The number of para-hydroxylation sites is 1. The van der Waals surface area contributed by atoms with Crippen LogP contribution in [-0.4, -0.2) is 10.8 Å². The molecule has 0 saturated heterocycles. The van der Waals surface area contributed by atoms with Crippen molar-refractivity contribution in [2.45, 2.75) is 6.92 Å². The summed E-state index contributed by atoms with van der Waals surface area (Å²) in [6.07, 6.45) is 0. The third kappa shape index (κ3) is 4.05. The Bertz CT molecular complexity index is 938. The van der Waals surface area contributed by atoms with Crippen LogP contribution >= 0.6 is 0 Å². The maximum absolute atomic E-state index is 12.3. The molecule has 6 heteroatoms. The summed E-state index contributed by atoms with van der Waals surface area (Å²) in [6, 6.07) is 20.6. The fraction of sp³-hybridized carbons (Fsp3) is 0.0500. The van der Waals surface area contributed by atoms with Gasteiger partial charge < -0.3 is 10.1 Å². The van der Waals surface area contributed by atoms with Gasteiger partial charge in [-0.25, -0.2) is 0 Å². The summed E-state index contributed by atoms with van der Waals surface area (Å²) < 4.78 is 5.70. The van der Waals surface area contributed by atoms with E-state index >= 15 is 0 Å². The van der Waals surface area contributed by atoms with Gasteiger partial charge in [0.05, 0.1) is 4.92 Å². The van der Waals surface area contributed by atoms with Crippen LogP contribution < -0.4 is 10.1 Å². The third-order valence-electron chi connectivity index (χ3n) is 3.75. The van der Waals surface area contributed by atoms with E-state index in [1.54, 1.807) is 31.2 Å². The van der Waals surface area contributed by atoms with E-state index in [1.165, 1.54) is 18.2 Å². The van der Waals surface area contributed by atoms with Crippen molar-refractivity contribution in [3.63, 3.8) is 0 Å². The molecule has 26 heavy (non-hydrogen) atoms. The van der Waals surface area contributed by atoms with Crippen LogP contribution in [-0.2, 0) is 0 Å². The molecule has 6 nitrogen and oxygen atoms in total. The number of nitro benzene ring substituents is 1. The summed E-state index contributed by atoms with van der Waals surface area (Å²) in [4.78, 5) is 22.7. The molecule has 3 aromatic rings. The van der Waals surface area contributed by atoms with Gasteiger partial charge in [-0.1, -0.05) is 18.2 Å². The van der Waals surface area contributed by atoms with Crippen molar-refractivity contribution in [2.24, 2.45) is 0 Å². The number of carbonyl (C=O) groups excluding carboxylic acids is 1. The second kappa shape index (κ2) is 7.48. The number of nitrogens with zero attached hydrogens (tertiary/aromatic N) is 1. The number of amides is 1. The zero-order valence-corrected chi connectivity index (χ0v) is 14.0. The predicted octanol–water partition coefficient (Wildman–Crippen LogP) is 4.95. The van der Waals surface area contributed by atoms with Crippen molar-refractivity contribution >= 4 is 17.3 Å². The molecule has 0 heterocycles. The topological polar surface area (TPSA) is 81.5 Å². The van der Waals surface area contributed by atoms with Gasteiger partial charge in [0.2, 0.25) is 0 Å². The van der Waals surface area contributed by atoms with E-state index in [1.807, 2.05) is 30.3 Å². The van der Waals surface area contributed by atoms with Crippen LogP contribution in [0.3, 0.4) is 0 Å². The zero-order valence-electron chi connectivity index (χ0n) is 14.0. The van der Waals surface area contributed by atoms with Crippen molar-refractivity contribution in [1.82, 2.24) is 0 Å². The van der Waals surface area contributed by atoms with Crippen molar-refractivity contribution in [3.8, 4) is 11.5 Å². The lowest BCUT2D eigenvalue weighted by atomic mass is 10.1. The molecule has 0 fully saturated rings. The van der Waals surface area contributed by atoms with Gasteiger partial charge in [0.1, 0.15) is 11.5 Å². The highest BCUT2D eigenvalue weighted by atomic mass is 16.6. The molecule has 3 aromatic carbocycles. The molecule has 0 bridgehead atoms. The lowest BCUT2D eigenvalue weighted by Crippen LogP contribution is -2.12. The lowest BCUT2D eigenvalue weighted by Gasteiger charge is -2.08. The van der Waals surface area contributed by atoms with Gasteiger partial charge in [0.25, 0.3) is 11.6 Å². The maximum atomic E-state index is 12.3. The van der Waals surface area contributed by atoms with Crippen LogP contribution in [0, 0.1) is 17.0 Å². The molecule has 0 spiro atoms. The average molecular weight is 348 g/mol. The number of ether oxygens (including phenoxy) is 1. The van der Waals surface area contributed by atoms with E-state index in [4.69, 9.17) is 4.74 Å². The van der Waals surface area contributed by atoms with Crippen molar-refractivity contribution in [2.75, 3.05) is 5.32 Å². The minimum Gasteiger partial charge on any atom is -0.457 e. The summed E-state index contributed by atoms with van der Waals surface area (Å²) in [5.74, 6) is 1.05. The Balaban J connectivity index is 1.68. The van der Waals surface area contributed by atoms with Crippen LogP contribution in [0.4, 0.5) is 11.4 Å². The molecule has 0 aromatic heterocycles. The highest BCUT2D eigenvalue weighted by molar-refractivity contribution is 6.04. The molecular weight excluding hydrogens is 332 g/mol. The summed E-state index contributed by atoms with van der Waals surface area (Å²) in [7, 11) is 0. The lowest BCUT2D eigenvalue weighted by molar-refractivity contribution is -0.385. The van der Waals surface area contributed by atoms with Gasteiger partial charge >= 0.3 is 0 Å². The molecule has 0 aliphatic heterocycles. The molecule has 3 rings (SSSR count).